The molecular weight excluding hydrogens is 298 g/mol. The van der Waals surface area contributed by atoms with Crippen LogP contribution in [0.25, 0.3) is 0 Å². The summed E-state index contributed by atoms with van der Waals surface area (Å²) >= 11 is 0. The van der Waals surface area contributed by atoms with E-state index in [9.17, 15) is 13.2 Å². The average Bonchev–Trinajstić information content (AvgIpc) is 2.92. The van der Waals surface area contributed by atoms with Crippen molar-refractivity contribution in [2.24, 2.45) is 0 Å². The molecule has 114 valence electrons. The molecule has 0 aliphatic rings. The zero-order valence-electron chi connectivity index (χ0n) is 11.7. The number of carboxylic acid groups (broad SMARTS) is 1. The first kappa shape index (κ1) is 15.1. The predicted molar refractivity (Wildman–Crippen MR) is 73.9 cm³/mol. The highest BCUT2D eigenvalue weighted by Gasteiger charge is 2.31. The van der Waals surface area contributed by atoms with E-state index in [1.807, 2.05) is 6.92 Å². The third kappa shape index (κ3) is 2.77. The molecule has 9 heteroatoms. The van der Waals surface area contributed by atoms with Gasteiger partial charge in [0.2, 0.25) is 0 Å². The quantitative estimate of drug-likeness (QED) is 0.771. The Balaban J connectivity index is 2.47. The van der Waals surface area contributed by atoms with E-state index < -0.39 is 16.0 Å². The summed E-state index contributed by atoms with van der Waals surface area (Å²) in [4.78, 5) is 10.9. The van der Waals surface area contributed by atoms with Crippen LogP contribution in [0, 0.1) is 13.8 Å². The highest BCUT2D eigenvalue weighted by Crippen LogP contribution is 2.28. The largest absolute Gasteiger partial charge is 0.478 e. The van der Waals surface area contributed by atoms with E-state index in [0.717, 1.165) is 5.69 Å². The number of nitrogens with zero attached hydrogens (tertiary/aromatic N) is 1. The molecule has 21 heavy (non-hydrogen) atoms. The minimum absolute atomic E-state index is 0.0173. The van der Waals surface area contributed by atoms with E-state index in [4.69, 9.17) is 9.52 Å². The maximum absolute atomic E-state index is 12.4. The summed E-state index contributed by atoms with van der Waals surface area (Å²) in [6.07, 6.45) is 0.666. The van der Waals surface area contributed by atoms with Crippen molar-refractivity contribution < 1.29 is 22.7 Å². The van der Waals surface area contributed by atoms with Crippen molar-refractivity contribution in [1.29, 1.82) is 0 Å². The van der Waals surface area contributed by atoms with Crippen LogP contribution in [0.1, 0.15) is 34.5 Å². The Kier molecular flexibility index (Phi) is 3.77. The number of anilines is 1. The molecule has 8 nitrogen and oxygen atoms in total. The van der Waals surface area contributed by atoms with E-state index in [0.29, 0.717) is 6.42 Å². The number of aromatic nitrogens is 2. The number of carboxylic acids is 1. The molecule has 3 N–H and O–H groups in total. The Labute approximate surface area is 121 Å². The van der Waals surface area contributed by atoms with E-state index in [1.165, 1.54) is 13.8 Å². The smallest absolute Gasteiger partial charge is 0.340 e. The fourth-order valence-electron chi connectivity index (χ4n) is 2.02. The monoisotopic (exact) mass is 313 g/mol. The third-order valence-corrected chi connectivity index (χ3v) is 4.45. The summed E-state index contributed by atoms with van der Waals surface area (Å²) in [6, 6.07) is 1.54. The van der Waals surface area contributed by atoms with E-state index in [-0.39, 0.29) is 27.8 Å². The van der Waals surface area contributed by atoms with Crippen LogP contribution in [0.15, 0.2) is 15.4 Å². The van der Waals surface area contributed by atoms with Gasteiger partial charge in [0.05, 0.1) is 0 Å². The lowest BCUT2D eigenvalue weighted by atomic mass is 10.2. The van der Waals surface area contributed by atoms with Crippen molar-refractivity contribution in [2.45, 2.75) is 32.1 Å². The van der Waals surface area contributed by atoms with Gasteiger partial charge in [0.1, 0.15) is 22.0 Å². The number of furan rings is 1. The molecule has 0 radical (unpaired) electrons. The lowest BCUT2D eigenvalue weighted by Gasteiger charge is -2.05. The highest BCUT2D eigenvalue weighted by molar-refractivity contribution is 7.92. The van der Waals surface area contributed by atoms with Gasteiger partial charge in [-0.25, -0.2) is 13.2 Å². The molecule has 0 amide bonds. The Morgan fingerprint density at radius 3 is 2.62 bits per heavy atom. The minimum Gasteiger partial charge on any atom is -0.478 e. The van der Waals surface area contributed by atoms with Gasteiger partial charge in [-0.3, -0.25) is 9.82 Å². The minimum atomic E-state index is -4.10. The molecule has 2 aromatic rings. The second kappa shape index (κ2) is 5.24. The number of aromatic amines is 1. The Morgan fingerprint density at radius 2 is 2.10 bits per heavy atom. The zero-order chi connectivity index (χ0) is 15.8. The third-order valence-electron chi connectivity index (χ3n) is 2.94. The van der Waals surface area contributed by atoms with Crippen LogP contribution >= 0.6 is 0 Å². The summed E-state index contributed by atoms with van der Waals surface area (Å²) in [5, 5.41) is 15.6. The second-order valence-corrected chi connectivity index (χ2v) is 6.08. The van der Waals surface area contributed by atoms with Gasteiger partial charge >= 0.3 is 5.97 Å². The number of nitrogens with one attached hydrogen (secondary N) is 2. The molecule has 0 unspecified atom stereocenters. The molecule has 0 saturated heterocycles. The molecule has 0 aromatic carbocycles. The summed E-state index contributed by atoms with van der Waals surface area (Å²) < 4.78 is 32.1. The van der Waals surface area contributed by atoms with Crippen LogP contribution in [-0.2, 0) is 16.4 Å². The summed E-state index contributed by atoms with van der Waals surface area (Å²) in [5.74, 6) is -1.21. The van der Waals surface area contributed by atoms with E-state index in [2.05, 4.69) is 14.9 Å². The van der Waals surface area contributed by atoms with Crippen molar-refractivity contribution >= 4 is 21.8 Å². The predicted octanol–water partition coefficient (Wildman–Crippen LogP) is 1.68. The number of rotatable bonds is 5. The lowest BCUT2D eigenvalue weighted by Crippen LogP contribution is -2.17. The standard InChI is InChI=1S/C12H15N3O5S/c1-4-8-5-9(14-13-8)15-21(18,19)11-7(3)20-6(2)10(11)12(16)17/h5H,4H2,1-3H3,(H,16,17)(H2,13,14,15). The molecule has 0 saturated carbocycles. The number of aryl methyl sites for hydroxylation is 3. The normalized spacial score (nSPS) is 11.6. The highest BCUT2D eigenvalue weighted by atomic mass is 32.2. The van der Waals surface area contributed by atoms with Crippen molar-refractivity contribution in [3.05, 3.63) is 28.8 Å². The SMILES string of the molecule is CCc1cc(NS(=O)(=O)c2c(C)oc(C)c2C(=O)O)n[nH]1. The van der Waals surface area contributed by atoms with Gasteiger partial charge in [0.25, 0.3) is 10.0 Å². The Bertz CT molecular complexity index is 788. The maximum Gasteiger partial charge on any atom is 0.340 e. The number of aromatic carboxylic acids is 1. The first-order valence-electron chi connectivity index (χ1n) is 6.16. The molecule has 0 aliphatic heterocycles. The zero-order valence-corrected chi connectivity index (χ0v) is 12.5. The topological polar surface area (TPSA) is 125 Å². The summed E-state index contributed by atoms with van der Waals surface area (Å²) in [7, 11) is -4.10. The molecular formula is C12H15N3O5S. The van der Waals surface area contributed by atoms with Crippen LogP contribution in [0.5, 0.6) is 0 Å². The fourth-order valence-corrected chi connectivity index (χ4v) is 3.42. The lowest BCUT2D eigenvalue weighted by molar-refractivity contribution is 0.0691. The summed E-state index contributed by atoms with van der Waals surface area (Å²) in [6.45, 7) is 4.69. The van der Waals surface area contributed by atoms with Gasteiger partial charge < -0.3 is 9.52 Å². The fraction of sp³-hybridized carbons (Fsp3) is 0.333. The number of hydrogen-bond donors (Lipinski definition) is 3. The van der Waals surface area contributed by atoms with Gasteiger partial charge in [-0.2, -0.15) is 5.10 Å². The molecule has 2 rings (SSSR count). The van der Waals surface area contributed by atoms with Crippen LogP contribution < -0.4 is 4.72 Å². The molecule has 2 aromatic heterocycles. The van der Waals surface area contributed by atoms with Gasteiger partial charge in [0, 0.05) is 11.8 Å². The number of hydrogen-bond acceptors (Lipinski definition) is 5. The van der Waals surface area contributed by atoms with Crippen molar-refractivity contribution in [2.75, 3.05) is 4.72 Å². The molecule has 0 bridgehead atoms. The molecule has 2 heterocycles. The van der Waals surface area contributed by atoms with Crippen molar-refractivity contribution in [3.8, 4) is 0 Å². The number of sulfonamides is 1. The van der Waals surface area contributed by atoms with Crippen LogP contribution in [0.3, 0.4) is 0 Å². The van der Waals surface area contributed by atoms with Gasteiger partial charge in [-0.05, 0) is 20.3 Å². The average molecular weight is 313 g/mol. The van der Waals surface area contributed by atoms with Crippen molar-refractivity contribution in [3.63, 3.8) is 0 Å². The number of H-pyrrole nitrogens is 1. The Hall–Kier alpha value is -2.29. The number of carbonyl (C=O) groups is 1. The molecule has 0 fully saturated rings. The van der Waals surface area contributed by atoms with Gasteiger partial charge in [-0.15, -0.1) is 0 Å². The Morgan fingerprint density at radius 1 is 1.43 bits per heavy atom. The first-order chi connectivity index (χ1) is 9.76. The first-order valence-corrected chi connectivity index (χ1v) is 7.65. The van der Waals surface area contributed by atoms with Crippen LogP contribution in [-0.4, -0.2) is 29.7 Å². The maximum atomic E-state index is 12.4. The van der Waals surface area contributed by atoms with Crippen molar-refractivity contribution in [1.82, 2.24) is 10.2 Å². The summed E-state index contributed by atoms with van der Waals surface area (Å²) in [5.41, 5.74) is 0.387. The van der Waals surface area contributed by atoms with Gasteiger partial charge in [0.15, 0.2) is 5.82 Å². The van der Waals surface area contributed by atoms with E-state index >= 15 is 0 Å². The van der Waals surface area contributed by atoms with Gasteiger partial charge in [-0.1, -0.05) is 6.92 Å². The molecule has 0 spiro atoms. The van der Waals surface area contributed by atoms with Crippen LogP contribution in [0.4, 0.5) is 5.82 Å². The van der Waals surface area contributed by atoms with Crippen LogP contribution in [0.2, 0.25) is 0 Å². The second-order valence-electron chi connectivity index (χ2n) is 4.46. The molecule has 0 atom stereocenters. The molecule has 0 aliphatic carbocycles. The van der Waals surface area contributed by atoms with E-state index in [1.54, 1.807) is 6.07 Å².